The van der Waals surface area contributed by atoms with Gasteiger partial charge in [0.25, 0.3) is 5.91 Å². The van der Waals surface area contributed by atoms with Gasteiger partial charge in [0.1, 0.15) is 5.82 Å². The Morgan fingerprint density at radius 1 is 1.08 bits per heavy atom. The van der Waals surface area contributed by atoms with Crippen LogP contribution in [-0.4, -0.2) is 34.5 Å². The van der Waals surface area contributed by atoms with E-state index in [-0.39, 0.29) is 11.4 Å². The quantitative estimate of drug-likeness (QED) is 0.807. The van der Waals surface area contributed by atoms with Gasteiger partial charge in [-0.05, 0) is 46.8 Å². The maximum atomic E-state index is 13.1. The normalized spacial score (nSPS) is 14.5. The van der Waals surface area contributed by atoms with E-state index < -0.39 is 0 Å². The Hall–Kier alpha value is -2.43. The standard InChI is InChI=1S/C19H24N4O/c1-13-15(12-20-14(2)21-13)18(24)22-10-11-23(19(3,4)5)17-9-7-6-8-16(17)22/h6-9,12H,10-11H2,1-5H3. The molecule has 0 fully saturated rings. The van der Waals surface area contributed by atoms with Crippen LogP contribution in [0.15, 0.2) is 30.5 Å². The number of carbonyl (C=O) groups excluding carboxylic acids is 1. The van der Waals surface area contributed by atoms with Crippen molar-refractivity contribution in [2.75, 3.05) is 22.9 Å². The molecule has 3 rings (SSSR count). The van der Waals surface area contributed by atoms with E-state index >= 15 is 0 Å². The molecule has 1 aliphatic heterocycles. The second-order valence-corrected chi connectivity index (χ2v) is 7.18. The zero-order valence-corrected chi connectivity index (χ0v) is 15.0. The van der Waals surface area contributed by atoms with E-state index in [4.69, 9.17) is 0 Å². The third-order valence-electron chi connectivity index (χ3n) is 4.40. The molecular weight excluding hydrogens is 300 g/mol. The second-order valence-electron chi connectivity index (χ2n) is 7.18. The minimum absolute atomic E-state index is 0.00806. The summed E-state index contributed by atoms with van der Waals surface area (Å²) in [6.07, 6.45) is 1.64. The van der Waals surface area contributed by atoms with Gasteiger partial charge in [0.15, 0.2) is 0 Å². The minimum Gasteiger partial charge on any atom is -0.363 e. The molecule has 0 unspecified atom stereocenters. The fraction of sp³-hybridized carbons (Fsp3) is 0.421. The van der Waals surface area contributed by atoms with E-state index in [9.17, 15) is 4.79 Å². The molecule has 126 valence electrons. The first-order valence-electron chi connectivity index (χ1n) is 8.28. The van der Waals surface area contributed by atoms with Gasteiger partial charge in [-0.25, -0.2) is 9.97 Å². The number of fused-ring (bicyclic) bond motifs is 1. The van der Waals surface area contributed by atoms with Crippen LogP contribution < -0.4 is 9.80 Å². The number of hydrogen-bond acceptors (Lipinski definition) is 4. The average molecular weight is 324 g/mol. The van der Waals surface area contributed by atoms with Crippen molar-refractivity contribution < 1.29 is 4.79 Å². The Labute approximate surface area is 143 Å². The van der Waals surface area contributed by atoms with Gasteiger partial charge in [0.2, 0.25) is 0 Å². The van der Waals surface area contributed by atoms with Crippen LogP contribution in [0.25, 0.3) is 0 Å². The van der Waals surface area contributed by atoms with Crippen LogP contribution in [0.3, 0.4) is 0 Å². The van der Waals surface area contributed by atoms with Gasteiger partial charge in [-0.3, -0.25) is 4.79 Å². The number of amides is 1. The predicted molar refractivity (Wildman–Crippen MR) is 96.7 cm³/mol. The Balaban J connectivity index is 2.02. The van der Waals surface area contributed by atoms with Crippen molar-refractivity contribution in [3.8, 4) is 0 Å². The van der Waals surface area contributed by atoms with Crippen LogP contribution in [0, 0.1) is 13.8 Å². The number of para-hydroxylation sites is 2. The number of rotatable bonds is 1. The van der Waals surface area contributed by atoms with Crippen LogP contribution in [0.4, 0.5) is 11.4 Å². The lowest BCUT2D eigenvalue weighted by Gasteiger charge is -2.45. The third kappa shape index (κ3) is 2.86. The van der Waals surface area contributed by atoms with Gasteiger partial charge in [-0.15, -0.1) is 0 Å². The average Bonchev–Trinajstić information content (AvgIpc) is 2.52. The molecule has 5 nitrogen and oxygen atoms in total. The highest BCUT2D eigenvalue weighted by Crippen LogP contribution is 2.37. The summed E-state index contributed by atoms with van der Waals surface area (Å²) in [6.45, 7) is 11.7. The van der Waals surface area contributed by atoms with Gasteiger partial charge in [-0.2, -0.15) is 0 Å². The summed E-state index contributed by atoms with van der Waals surface area (Å²) >= 11 is 0. The zero-order valence-electron chi connectivity index (χ0n) is 15.0. The SMILES string of the molecule is Cc1ncc(C(=O)N2CCN(C(C)(C)C)c3ccccc32)c(C)n1. The summed E-state index contributed by atoms with van der Waals surface area (Å²) in [5, 5.41) is 0. The van der Waals surface area contributed by atoms with Crippen LogP contribution >= 0.6 is 0 Å². The molecule has 0 saturated heterocycles. The van der Waals surface area contributed by atoms with Crippen LogP contribution in [-0.2, 0) is 0 Å². The van der Waals surface area contributed by atoms with Crippen molar-refractivity contribution in [1.29, 1.82) is 0 Å². The van der Waals surface area contributed by atoms with E-state index in [1.807, 2.05) is 36.9 Å². The Morgan fingerprint density at radius 2 is 1.75 bits per heavy atom. The summed E-state index contributed by atoms with van der Waals surface area (Å²) in [5.74, 6) is 0.649. The lowest BCUT2D eigenvalue weighted by atomic mass is 10.0. The largest absolute Gasteiger partial charge is 0.363 e. The number of nitrogens with zero attached hydrogens (tertiary/aromatic N) is 4. The molecule has 2 heterocycles. The Kier molecular flexibility index (Phi) is 4.03. The summed E-state index contributed by atoms with van der Waals surface area (Å²) in [5.41, 5.74) is 3.34. The van der Waals surface area contributed by atoms with Crippen molar-refractivity contribution in [2.45, 2.75) is 40.2 Å². The van der Waals surface area contributed by atoms with Crippen molar-refractivity contribution in [1.82, 2.24) is 9.97 Å². The molecule has 0 aliphatic carbocycles. The van der Waals surface area contributed by atoms with Gasteiger partial charge in [0, 0.05) is 24.8 Å². The van der Waals surface area contributed by atoms with Gasteiger partial charge in [-0.1, -0.05) is 12.1 Å². The second kappa shape index (κ2) is 5.89. The van der Waals surface area contributed by atoms with E-state index in [1.165, 1.54) is 0 Å². The number of hydrogen-bond donors (Lipinski definition) is 0. The highest BCUT2D eigenvalue weighted by molar-refractivity contribution is 6.08. The molecule has 2 aromatic rings. The molecule has 0 saturated carbocycles. The van der Waals surface area contributed by atoms with Gasteiger partial charge < -0.3 is 9.80 Å². The predicted octanol–water partition coefficient (Wildman–Crippen LogP) is 3.36. The van der Waals surface area contributed by atoms with E-state index in [1.54, 1.807) is 6.20 Å². The third-order valence-corrected chi connectivity index (χ3v) is 4.40. The smallest absolute Gasteiger partial charge is 0.261 e. The highest BCUT2D eigenvalue weighted by Gasteiger charge is 2.32. The lowest BCUT2D eigenvalue weighted by Crippen LogP contribution is -2.51. The van der Waals surface area contributed by atoms with Gasteiger partial charge >= 0.3 is 0 Å². The molecule has 0 radical (unpaired) electrons. The zero-order chi connectivity index (χ0) is 17.5. The summed E-state index contributed by atoms with van der Waals surface area (Å²) in [6, 6.07) is 8.09. The first-order chi connectivity index (χ1) is 11.3. The number of benzene rings is 1. The molecule has 0 atom stereocenters. The molecule has 0 spiro atoms. The van der Waals surface area contributed by atoms with E-state index in [0.29, 0.717) is 17.9 Å². The fourth-order valence-corrected chi connectivity index (χ4v) is 3.21. The highest BCUT2D eigenvalue weighted by atomic mass is 16.2. The molecule has 24 heavy (non-hydrogen) atoms. The maximum Gasteiger partial charge on any atom is 0.261 e. The summed E-state index contributed by atoms with van der Waals surface area (Å²) in [7, 11) is 0. The fourth-order valence-electron chi connectivity index (χ4n) is 3.21. The lowest BCUT2D eigenvalue weighted by molar-refractivity contribution is 0.0984. The van der Waals surface area contributed by atoms with Crippen LogP contribution in [0.2, 0.25) is 0 Å². The molecule has 1 amide bonds. The van der Waals surface area contributed by atoms with Crippen LogP contribution in [0.1, 0.15) is 42.6 Å². The monoisotopic (exact) mass is 324 g/mol. The molecule has 0 bridgehead atoms. The number of aromatic nitrogens is 2. The number of aryl methyl sites for hydroxylation is 2. The minimum atomic E-state index is -0.0338. The molecule has 1 aromatic carbocycles. The Bertz CT molecular complexity index is 779. The molecular formula is C19H24N4O. The van der Waals surface area contributed by atoms with Crippen molar-refractivity contribution >= 4 is 17.3 Å². The first-order valence-corrected chi connectivity index (χ1v) is 8.28. The molecule has 5 heteroatoms. The Morgan fingerprint density at radius 3 is 2.38 bits per heavy atom. The molecule has 1 aliphatic rings. The van der Waals surface area contributed by atoms with Crippen LogP contribution in [0.5, 0.6) is 0 Å². The summed E-state index contributed by atoms with van der Waals surface area (Å²) in [4.78, 5) is 25.8. The molecule has 0 N–H and O–H groups in total. The van der Waals surface area contributed by atoms with Gasteiger partial charge in [0.05, 0.1) is 22.6 Å². The van der Waals surface area contributed by atoms with Crippen molar-refractivity contribution in [2.24, 2.45) is 0 Å². The number of anilines is 2. The van der Waals surface area contributed by atoms with Crippen molar-refractivity contribution in [3.63, 3.8) is 0 Å². The van der Waals surface area contributed by atoms with Crippen molar-refractivity contribution in [3.05, 3.63) is 47.5 Å². The first kappa shape index (κ1) is 16.4. The topological polar surface area (TPSA) is 49.3 Å². The maximum absolute atomic E-state index is 13.1. The summed E-state index contributed by atoms with van der Waals surface area (Å²) < 4.78 is 0. The molecule has 1 aromatic heterocycles. The van der Waals surface area contributed by atoms with E-state index in [0.717, 1.165) is 23.6 Å². The number of carbonyl (C=O) groups is 1. The van der Waals surface area contributed by atoms with E-state index in [2.05, 4.69) is 41.7 Å².